The highest BCUT2D eigenvalue weighted by Gasteiger charge is 2.43. The van der Waals surface area contributed by atoms with E-state index in [2.05, 4.69) is 5.32 Å². The van der Waals surface area contributed by atoms with Gasteiger partial charge in [-0.05, 0) is 48.5 Å². The molecule has 1 fully saturated rings. The van der Waals surface area contributed by atoms with Crippen molar-refractivity contribution in [3.05, 3.63) is 96.6 Å². The largest absolute Gasteiger partial charge is 0.336 e. The van der Waals surface area contributed by atoms with E-state index in [4.69, 9.17) is 12.2 Å². The van der Waals surface area contributed by atoms with Gasteiger partial charge in [-0.15, -0.1) is 0 Å². The SMILES string of the molecule is O=C1C[C@H](N(CCc2ccccc2)C(=S)Nc2ccccc2)C(=O)N1c1ccccc1. The molecule has 1 N–H and O–H groups in total. The normalized spacial score (nSPS) is 15.7. The van der Waals surface area contributed by atoms with Crippen molar-refractivity contribution in [3.8, 4) is 0 Å². The highest BCUT2D eigenvalue weighted by molar-refractivity contribution is 7.80. The summed E-state index contributed by atoms with van der Waals surface area (Å²) in [7, 11) is 0. The summed E-state index contributed by atoms with van der Waals surface area (Å²) in [5.74, 6) is -0.463. The maximum Gasteiger partial charge on any atom is 0.257 e. The quantitative estimate of drug-likeness (QED) is 0.469. The Morgan fingerprint density at radius 2 is 1.48 bits per heavy atom. The van der Waals surface area contributed by atoms with E-state index in [0.29, 0.717) is 23.8 Å². The van der Waals surface area contributed by atoms with Gasteiger partial charge in [0.1, 0.15) is 6.04 Å². The van der Waals surface area contributed by atoms with Gasteiger partial charge in [-0.3, -0.25) is 9.59 Å². The van der Waals surface area contributed by atoms with Crippen LogP contribution in [0, 0.1) is 0 Å². The van der Waals surface area contributed by atoms with Gasteiger partial charge >= 0.3 is 0 Å². The van der Waals surface area contributed by atoms with E-state index in [1.54, 1.807) is 12.1 Å². The molecule has 0 bridgehead atoms. The molecule has 156 valence electrons. The molecule has 31 heavy (non-hydrogen) atoms. The molecule has 1 aliphatic heterocycles. The zero-order chi connectivity index (χ0) is 21.6. The Labute approximate surface area is 187 Å². The zero-order valence-corrected chi connectivity index (χ0v) is 17.8. The number of imide groups is 1. The highest BCUT2D eigenvalue weighted by atomic mass is 32.1. The molecule has 5 nitrogen and oxygen atoms in total. The Morgan fingerprint density at radius 3 is 2.13 bits per heavy atom. The van der Waals surface area contributed by atoms with Crippen LogP contribution in [0.4, 0.5) is 11.4 Å². The summed E-state index contributed by atoms with van der Waals surface area (Å²) in [6.07, 6.45) is 0.805. The minimum atomic E-state index is -0.639. The van der Waals surface area contributed by atoms with Crippen LogP contribution in [0.3, 0.4) is 0 Å². The van der Waals surface area contributed by atoms with Crippen LogP contribution >= 0.6 is 12.2 Å². The standard InChI is InChI=1S/C25H23N3O2S/c29-23-18-22(24(30)28(23)21-14-8-3-9-15-21)27(17-16-19-10-4-1-5-11-19)25(31)26-20-12-6-2-7-13-20/h1-15,22H,16-18H2,(H,26,31)/t22-/m0/s1. The van der Waals surface area contributed by atoms with Crippen LogP contribution in [-0.4, -0.2) is 34.4 Å². The number of benzene rings is 3. The average Bonchev–Trinajstić information content (AvgIpc) is 3.09. The fourth-order valence-electron chi connectivity index (χ4n) is 3.72. The minimum absolute atomic E-state index is 0.0964. The van der Waals surface area contributed by atoms with E-state index in [1.165, 1.54) is 4.90 Å². The van der Waals surface area contributed by atoms with Crippen LogP contribution in [0.25, 0.3) is 0 Å². The van der Waals surface area contributed by atoms with E-state index < -0.39 is 6.04 Å². The summed E-state index contributed by atoms with van der Waals surface area (Å²) in [5, 5.41) is 3.65. The van der Waals surface area contributed by atoms with E-state index >= 15 is 0 Å². The monoisotopic (exact) mass is 429 g/mol. The van der Waals surface area contributed by atoms with E-state index in [1.807, 2.05) is 83.8 Å². The second-order valence-electron chi connectivity index (χ2n) is 7.35. The van der Waals surface area contributed by atoms with Crippen LogP contribution in [-0.2, 0) is 16.0 Å². The lowest BCUT2D eigenvalue weighted by Gasteiger charge is -2.30. The van der Waals surface area contributed by atoms with Crippen LogP contribution in [0.1, 0.15) is 12.0 Å². The number of thiocarbonyl (C=S) groups is 1. The Hall–Kier alpha value is -3.51. The van der Waals surface area contributed by atoms with Gasteiger partial charge in [0.05, 0.1) is 12.1 Å². The number of hydrogen-bond acceptors (Lipinski definition) is 3. The number of carbonyl (C=O) groups excluding carboxylic acids is 2. The molecule has 1 saturated heterocycles. The highest BCUT2D eigenvalue weighted by Crippen LogP contribution is 2.26. The number of nitrogens with zero attached hydrogens (tertiary/aromatic N) is 2. The van der Waals surface area contributed by atoms with Crippen molar-refractivity contribution >= 4 is 40.5 Å². The van der Waals surface area contributed by atoms with E-state index in [9.17, 15) is 9.59 Å². The van der Waals surface area contributed by atoms with Crippen molar-refractivity contribution in [1.29, 1.82) is 0 Å². The Morgan fingerprint density at radius 1 is 0.903 bits per heavy atom. The molecule has 6 heteroatoms. The molecule has 0 radical (unpaired) electrons. The van der Waals surface area contributed by atoms with Gasteiger partial charge in [0.15, 0.2) is 5.11 Å². The van der Waals surface area contributed by atoms with E-state index in [-0.39, 0.29) is 18.2 Å². The Kier molecular flexibility index (Phi) is 6.38. The smallest absolute Gasteiger partial charge is 0.257 e. The van der Waals surface area contributed by atoms with Gasteiger partial charge in [0.2, 0.25) is 5.91 Å². The van der Waals surface area contributed by atoms with Gasteiger partial charge in [-0.2, -0.15) is 0 Å². The van der Waals surface area contributed by atoms with Gasteiger partial charge in [-0.25, -0.2) is 4.90 Å². The average molecular weight is 430 g/mol. The number of hydrogen-bond donors (Lipinski definition) is 1. The molecule has 2 amide bonds. The van der Waals surface area contributed by atoms with Gasteiger partial charge < -0.3 is 10.2 Å². The van der Waals surface area contributed by atoms with Crippen molar-refractivity contribution < 1.29 is 9.59 Å². The zero-order valence-electron chi connectivity index (χ0n) is 17.0. The third-order valence-electron chi connectivity index (χ3n) is 5.28. The van der Waals surface area contributed by atoms with Crippen LogP contribution in [0.15, 0.2) is 91.0 Å². The molecule has 3 aromatic rings. The number of rotatable bonds is 6. The lowest BCUT2D eigenvalue weighted by Crippen LogP contribution is -2.48. The molecular weight excluding hydrogens is 406 g/mol. The van der Waals surface area contributed by atoms with Gasteiger partial charge in [0.25, 0.3) is 5.91 Å². The third kappa shape index (κ3) is 4.81. The summed E-state index contributed by atoms with van der Waals surface area (Å²) in [6.45, 7) is 0.523. The topological polar surface area (TPSA) is 52.7 Å². The van der Waals surface area contributed by atoms with Crippen molar-refractivity contribution in [3.63, 3.8) is 0 Å². The lowest BCUT2D eigenvalue weighted by molar-refractivity contribution is -0.122. The first-order valence-corrected chi connectivity index (χ1v) is 10.6. The molecule has 0 unspecified atom stereocenters. The van der Waals surface area contributed by atoms with Crippen molar-refractivity contribution in [2.75, 3.05) is 16.8 Å². The fraction of sp³-hybridized carbons (Fsp3) is 0.160. The van der Waals surface area contributed by atoms with Crippen LogP contribution < -0.4 is 10.2 Å². The first kappa shape index (κ1) is 20.8. The summed E-state index contributed by atoms with van der Waals surface area (Å²) in [5.41, 5.74) is 2.57. The van der Waals surface area contributed by atoms with Crippen LogP contribution in [0.2, 0.25) is 0 Å². The molecule has 3 aromatic carbocycles. The summed E-state index contributed by atoms with van der Waals surface area (Å²) in [4.78, 5) is 29.2. The second-order valence-corrected chi connectivity index (χ2v) is 7.73. The van der Waals surface area contributed by atoms with Gasteiger partial charge in [0, 0.05) is 12.2 Å². The fourth-order valence-corrected chi connectivity index (χ4v) is 4.05. The third-order valence-corrected chi connectivity index (χ3v) is 5.62. The number of para-hydroxylation sites is 2. The maximum atomic E-state index is 13.3. The molecule has 0 aliphatic carbocycles. The Balaban J connectivity index is 1.57. The molecule has 1 aliphatic rings. The molecule has 0 aromatic heterocycles. The predicted molar refractivity (Wildman–Crippen MR) is 127 cm³/mol. The molecule has 4 rings (SSSR count). The van der Waals surface area contributed by atoms with E-state index in [0.717, 1.165) is 11.3 Å². The summed E-state index contributed by atoms with van der Waals surface area (Å²) >= 11 is 5.69. The van der Waals surface area contributed by atoms with Gasteiger partial charge in [-0.1, -0.05) is 66.7 Å². The van der Waals surface area contributed by atoms with Crippen LogP contribution in [0.5, 0.6) is 0 Å². The van der Waals surface area contributed by atoms with Crippen molar-refractivity contribution in [2.24, 2.45) is 0 Å². The molecule has 0 spiro atoms. The first-order valence-electron chi connectivity index (χ1n) is 10.2. The minimum Gasteiger partial charge on any atom is -0.336 e. The number of carbonyl (C=O) groups is 2. The molecule has 0 saturated carbocycles. The second kappa shape index (κ2) is 9.53. The molecular formula is C25H23N3O2S. The lowest BCUT2D eigenvalue weighted by atomic mass is 10.1. The summed E-state index contributed by atoms with van der Waals surface area (Å²) in [6, 6.07) is 28.0. The number of anilines is 2. The molecule has 1 heterocycles. The maximum absolute atomic E-state index is 13.3. The molecule has 1 atom stereocenters. The van der Waals surface area contributed by atoms with Crippen molar-refractivity contribution in [2.45, 2.75) is 18.9 Å². The van der Waals surface area contributed by atoms with Crippen molar-refractivity contribution in [1.82, 2.24) is 4.90 Å². The number of amides is 2. The number of nitrogens with one attached hydrogen (secondary N) is 1. The first-order chi connectivity index (χ1) is 15.1. The Bertz CT molecular complexity index is 1060. The predicted octanol–water partition coefficient (Wildman–Crippen LogP) is 4.26. The summed E-state index contributed by atoms with van der Waals surface area (Å²) < 4.78 is 0.